The molecule has 1 aliphatic rings. The molecule has 0 radical (unpaired) electrons. The van der Waals surface area contributed by atoms with Gasteiger partial charge in [0.2, 0.25) is 0 Å². The van der Waals surface area contributed by atoms with Crippen molar-refractivity contribution in [1.82, 2.24) is 14.9 Å². The lowest BCUT2D eigenvalue weighted by atomic mass is 9.87. The van der Waals surface area contributed by atoms with Crippen molar-refractivity contribution in [3.8, 4) is 0 Å². The number of aromatic nitrogens is 2. The normalized spacial score (nSPS) is 15.2. The highest BCUT2D eigenvalue weighted by Gasteiger charge is 2.21. The topological polar surface area (TPSA) is 41.0 Å². The number of benzene rings is 2. The van der Waals surface area contributed by atoms with Gasteiger partial charge in [0.1, 0.15) is 12.1 Å². The molecule has 32 heavy (non-hydrogen) atoms. The Morgan fingerprint density at radius 2 is 2.00 bits per heavy atom. The maximum Gasteiger partial charge on any atom is 0.165 e. The van der Waals surface area contributed by atoms with E-state index in [1.807, 2.05) is 0 Å². The molecule has 1 fully saturated rings. The molecular formula is C26H30ClFN4. The number of hydrogen-bond acceptors (Lipinski definition) is 4. The quantitative estimate of drug-likeness (QED) is 0.412. The van der Waals surface area contributed by atoms with Crippen LogP contribution in [0.25, 0.3) is 10.9 Å². The molecule has 0 bridgehead atoms. The number of rotatable bonds is 7. The van der Waals surface area contributed by atoms with E-state index in [0.29, 0.717) is 17.4 Å². The zero-order valence-electron chi connectivity index (χ0n) is 18.8. The van der Waals surface area contributed by atoms with E-state index in [-0.39, 0.29) is 5.02 Å². The highest BCUT2D eigenvalue weighted by molar-refractivity contribution is 6.31. The predicted molar refractivity (Wildman–Crippen MR) is 131 cm³/mol. The van der Waals surface area contributed by atoms with Gasteiger partial charge in [-0.2, -0.15) is 0 Å². The minimum absolute atomic E-state index is 0.0836. The maximum atomic E-state index is 14.5. The van der Waals surface area contributed by atoms with E-state index >= 15 is 0 Å². The SMILES string of the molecule is C=C(C)CN1CCC(Cc2cc3c(Nc4cccc(Cl)c4F)ncnc3cc2CC)CC1. The number of aryl methyl sites for hydroxylation is 1. The zero-order valence-corrected chi connectivity index (χ0v) is 19.6. The van der Waals surface area contributed by atoms with Gasteiger partial charge in [0.05, 0.1) is 16.2 Å². The fourth-order valence-corrected chi connectivity index (χ4v) is 4.75. The van der Waals surface area contributed by atoms with Crippen LogP contribution in [-0.2, 0) is 12.8 Å². The largest absolute Gasteiger partial charge is 0.337 e. The number of hydrogen-bond donors (Lipinski definition) is 1. The summed E-state index contributed by atoms with van der Waals surface area (Å²) in [5.41, 5.74) is 5.05. The molecule has 168 valence electrons. The molecule has 4 nitrogen and oxygen atoms in total. The summed E-state index contributed by atoms with van der Waals surface area (Å²) in [5, 5.41) is 4.11. The first-order valence-electron chi connectivity index (χ1n) is 11.3. The van der Waals surface area contributed by atoms with E-state index in [2.05, 4.69) is 52.7 Å². The first kappa shape index (κ1) is 22.7. The summed E-state index contributed by atoms with van der Waals surface area (Å²) >= 11 is 5.95. The highest BCUT2D eigenvalue weighted by atomic mass is 35.5. The number of anilines is 2. The van der Waals surface area contributed by atoms with E-state index in [1.54, 1.807) is 12.1 Å². The summed E-state index contributed by atoms with van der Waals surface area (Å²) in [6, 6.07) is 9.27. The Bertz CT molecular complexity index is 1120. The Morgan fingerprint density at radius 3 is 2.72 bits per heavy atom. The molecule has 1 aromatic heterocycles. The number of fused-ring (bicyclic) bond motifs is 1. The number of nitrogens with one attached hydrogen (secondary N) is 1. The van der Waals surface area contributed by atoms with Crippen LogP contribution in [0.5, 0.6) is 0 Å². The van der Waals surface area contributed by atoms with Crippen LogP contribution in [0.2, 0.25) is 5.02 Å². The summed E-state index contributed by atoms with van der Waals surface area (Å²) in [6.07, 6.45) is 5.90. The Balaban J connectivity index is 1.60. The average molecular weight is 453 g/mol. The third-order valence-corrected chi connectivity index (χ3v) is 6.54. The monoisotopic (exact) mass is 452 g/mol. The molecule has 0 amide bonds. The molecule has 2 aromatic carbocycles. The smallest absolute Gasteiger partial charge is 0.165 e. The first-order valence-corrected chi connectivity index (χ1v) is 11.7. The van der Waals surface area contributed by atoms with Gasteiger partial charge in [0.15, 0.2) is 5.82 Å². The molecule has 2 heterocycles. The molecule has 4 rings (SSSR count). The number of piperidine rings is 1. The fourth-order valence-electron chi connectivity index (χ4n) is 4.58. The molecule has 1 saturated heterocycles. The van der Waals surface area contributed by atoms with Gasteiger partial charge in [-0.3, -0.25) is 4.90 Å². The summed E-state index contributed by atoms with van der Waals surface area (Å²) in [7, 11) is 0. The van der Waals surface area contributed by atoms with Gasteiger partial charge in [-0.25, -0.2) is 14.4 Å². The molecule has 6 heteroatoms. The highest BCUT2D eigenvalue weighted by Crippen LogP contribution is 2.31. The maximum absolute atomic E-state index is 14.5. The minimum Gasteiger partial charge on any atom is -0.337 e. The van der Waals surface area contributed by atoms with E-state index in [4.69, 9.17) is 11.6 Å². The van der Waals surface area contributed by atoms with Gasteiger partial charge in [0.25, 0.3) is 0 Å². The van der Waals surface area contributed by atoms with E-state index in [9.17, 15) is 4.39 Å². The standard InChI is InChI=1S/C26H30ClFN4/c1-4-19-14-24-21(13-20(19)12-18-8-10-32(11-9-18)15-17(2)3)26(30-16-29-24)31-23-7-5-6-22(27)25(23)28/h5-7,13-14,16,18H,2,4,8-12,15H2,1,3H3,(H,29,30,31). The van der Waals surface area contributed by atoms with Crippen molar-refractivity contribution in [2.45, 2.75) is 39.5 Å². The van der Waals surface area contributed by atoms with Gasteiger partial charge in [0, 0.05) is 11.9 Å². The van der Waals surface area contributed by atoms with Crippen LogP contribution in [0.4, 0.5) is 15.9 Å². The van der Waals surface area contributed by atoms with Crippen LogP contribution < -0.4 is 5.32 Å². The minimum atomic E-state index is -0.479. The van der Waals surface area contributed by atoms with Crippen molar-refractivity contribution < 1.29 is 4.39 Å². The molecule has 0 unspecified atom stereocenters. The van der Waals surface area contributed by atoms with Crippen molar-refractivity contribution in [2.75, 3.05) is 25.0 Å². The molecule has 0 aliphatic carbocycles. The van der Waals surface area contributed by atoms with E-state index in [0.717, 1.165) is 43.4 Å². The lowest BCUT2D eigenvalue weighted by Crippen LogP contribution is -2.35. The molecule has 0 saturated carbocycles. The second kappa shape index (κ2) is 9.97. The lowest BCUT2D eigenvalue weighted by Gasteiger charge is -2.32. The summed E-state index contributed by atoms with van der Waals surface area (Å²) in [4.78, 5) is 11.4. The van der Waals surface area contributed by atoms with Crippen molar-refractivity contribution in [3.05, 3.63) is 70.8 Å². The van der Waals surface area contributed by atoms with Crippen molar-refractivity contribution in [3.63, 3.8) is 0 Å². The van der Waals surface area contributed by atoms with Gasteiger partial charge >= 0.3 is 0 Å². The second-order valence-electron chi connectivity index (χ2n) is 8.82. The Labute approximate surface area is 194 Å². The van der Waals surface area contributed by atoms with Gasteiger partial charge in [-0.15, -0.1) is 0 Å². The second-order valence-corrected chi connectivity index (χ2v) is 9.23. The summed E-state index contributed by atoms with van der Waals surface area (Å²) in [6.45, 7) is 11.6. The average Bonchev–Trinajstić information content (AvgIpc) is 2.78. The van der Waals surface area contributed by atoms with Crippen LogP contribution in [0.3, 0.4) is 0 Å². The van der Waals surface area contributed by atoms with Crippen molar-refractivity contribution in [1.29, 1.82) is 0 Å². The zero-order chi connectivity index (χ0) is 22.7. The lowest BCUT2D eigenvalue weighted by molar-refractivity contribution is 0.197. The molecule has 0 atom stereocenters. The van der Waals surface area contributed by atoms with Crippen molar-refractivity contribution in [2.24, 2.45) is 5.92 Å². The van der Waals surface area contributed by atoms with E-state index < -0.39 is 5.82 Å². The summed E-state index contributed by atoms with van der Waals surface area (Å²) < 4.78 is 14.5. The number of nitrogens with zero attached hydrogens (tertiary/aromatic N) is 3. The van der Waals surface area contributed by atoms with Crippen LogP contribution in [0.1, 0.15) is 37.8 Å². The Morgan fingerprint density at radius 1 is 1.22 bits per heavy atom. The molecule has 3 aromatic rings. The molecule has 0 spiro atoms. The predicted octanol–water partition coefficient (Wildman–Crippen LogP) is 6.56. The molecular weight excluding hydrogens is 423 g/mol. The Kier molecular flexibility index (Phi) is 7.07. The van der Waals surface area contributed by atoms with E-state index in [1.165, 1.54) is 41.9 Å². The summed E-state index contributed by atoms with van der Waals surface area (Å²) in [5.74, 6) is 0.773. The van der Waals surface area contributed by atoms with Crippen LogP contribution >= 0.6 is 11.6 Å². The third-order valence-electron chi connectivity index (χ3n) is 6.25. The number of likely N-dealkylation sites (tertiary alicyclic amines) is 1. The van der Waals surface area contributed by atoms with Gasteiger partial charge < -0.3 is 5.32 Å². The van der Waals surface area contributed by atoms with Gasteiger partial charge in [-0.1, -0.05) is 36.7 Å². The number of halogens is 2. The van der Waals surface area contributed by atoms with Gasteiger partial charge in [-0.05, 0) is 87.0 Å². The fraction of sp³-hybridized carbons (Fsp3) is 0.385. The van der Waals surface area contributed by atoms with Crippen molar-refractivity contribution >= 4 is 34.0 Å². The first-order chi connectivity index (χ1) is 15.4. The van der Waals surface area contributed by atoms with Crippen LogP contribution in [-0.4, -0.2) is 34.5 Å². The Hall–Kier alpha value is -2.50. The molecule has 1 aliphatic heterocycles. The third kappa shape index (κ3) is 5.11. The van der Waals surface area contributed by atoms with Crippen LogP contribution in [0, 0.1) is 11.7 Å². The van der Waals surface area contributed by atoms with Crippen LogP contribution in [0.15, 0.2) is 48.8 Å². The molecule has 1 N–H and O–H groups in total.